The van der Waals surface area contributed by atoms with E-state index in [0.29, 0.717) is 28.9 Å². The molecule has 2 heterocycles. The highest BCUT2D eigenvalue weighted by atomic mass is 35.5. The fraction of sp³-hybridized carbons (Fsp3) is 0.353. The number of H-pyrrole nitrogens is 2. The highest BCUT2D eigenvalue weighted by Crippen LogP contribution is 2.25. The van der Waals surface area contributed by atoms with Crippen LogP contribution in [-0.2, 0) is 0 Å². The van der Waals surface area contributed by atoms with Gasteiger partial charge in [0.05, 0.1) is 0 Å². The van der Waals surface area contributed by atoms with Crippen LogP contribution in [0.25, 0.3) is 11.2 Å². The molecule has 1 saturated carbocycles. The van der Waals surface area contributed by atoms with Crippen molar-refractivity contribution in [2.75, 3.05) is 10.6 Å². The van der Waals surface area contributed by atoms with E-state index in [2.05, 4.69) is 30.6 Å². The summed E-state index contributed by atoms with van der Waals surface area (Å²) in [4.78, 5) is 15.5. The normalized spacial score (nSPS) is 20.6. The van der Waals surface area contributed by atoms with Crippen LogP contribution in [0.3, 0.4) is 0 Å². The number of imidazole rings is 1. The van der Waals surface area contributed by atoms with Crippen molar-refractivity contribution < 1.29 is 4.98 Å². The second-order valence-electron chi connectivity index (χ2n) is 6.44. The van der Waals surface area contributed by atoms with Gasteiger partial charge in [0.1, 0.15) is 0 Å². The fourth-order valence-electron chi connectivity index (χ4n) is 3.15. The summed E-state index contributed by atoms with van der Waals surface area (Å²) in [5, 5.41) is 7.47. The maximum absolute atomic E-state index is 5.98. The Bertz CT molecular complexity index is 853. The molecule has 0 saturated heterocycles. The van der Waals surface area contributed by atoms with E-state index < -0.39 is 0 Å². The number of anilines is 3. The van der Waals surface area contributed by atoms with Gasteiger partial charge in [0.15, 0.2) is 12.1 Å². The standard InChI is InChI=1S/C17H20ClN7/c18-10-1-5-12(6-2-10)22-16-14-15(21-9-20-14)24-17(25-16)23-13-7-3-11(19)4-8-13/h1-2,5-6,9,11,13H,3-4,7-8,19H2,(H3,20,21,22,23,24,25)/p+1. The van der Waals surface area contributed by atoms with Crippen LogP contribution in [0.4, 0.5) is 17.5 Å². The predicted molar refractivity (Wildman–Crippen MR) is 99.0 cm³/mol. The van der Waals surface area contributed by atoms with Crippen LogP contribution in [-0.4, -0.2) is 27.0 Å². The summed E-state index contributed by atoms with van der Waals surface area (Å²) in [5.41, 5.74) is 8.47. The number of nitrogens with two attached hydrogens (primary N) is 1. The Kier molecular flexibility index (Phi) is 4.42. The molecule has 0 bridgehead atoms. The molecule has 8 heteroatoms. The van der Waals surface area contributed by atoms with Crippen LogP contribution in [0.1, 0.15) is 25.7 Å². The molecule has 3 aromatic rings. The highest BCUT2D eigenvalue weighted by Gasteiger charge is 2.22. The van der Waals surface area contributed by atoms with Crippen LogP contribution in [0, 0.1) is 0 Å². The molecule has 2 aromatic heterocycles. The summed E-state index contributed by atoms with van der Waals surface area (Å²) >= 11 is 5.95. The molecule has 0 spiro atoms. The van der Waals surface area contributed by atoms with Crippen molar-refractivity contribution in [2.45, 2.75) is 37.8 Å². The van der Waals surface area contributed by atoms with Crippen molar-refractivity contribution in [1.82, 2.24) is 15.0 Å². The summed E-state index contributed by atoms with van der Waals surface area (Å²) < 4.78 is 0. The minimum Gasteiger partial charge on any atom is -0.337 e. The average molecular weight is 359 g/mol. The summed E-state index contributed by atoms with van der Waals surface area (Å²) in [6.45, 7) is 0. The summed E-state index contributed by atoms with van der Waals surface area (Å²) in [6, 6.07) is 8.19. The third-order valence-electron chi connectivity index (χ3n) is 4.55. The maximum Gasteiger partial charge on any atom is 0.307 e. The van der Waals surface area contributed by atoms with Crippen LogP contribution in [0.5, 0.6) is 0 Å². The van der Waals surface area contributed by atoms with Gasteiger partial charge in [-0.25, -0.2) is 4.98 Å². The summed E-state index contributed by atoms with van der Waals surface area (Å²) in [5.74, 6) is 1.32. The van der Waals surface area contributed by atoms with Crippen molar-refractivity contribution in [2.24, 2.45) is 5.73 Å². The van der Waals surface area contributed by atoms with E-state index in [-0.39, 0.29) is 0 Å². The van der Waals surface area contributed by atoms with Crippen molar-refractivity contribution in [3.8, 4) is 0 Å². The van der Waals surface area contributed by atoms with Gasteiger partial charge in [-0.2, -0.15) is 4.98 Å². The molecule has 0 aliphatic heterocycles. The Morgan fingerprint density at radius 3 is 2.64 bits per heavy atom. The fourth-order valence-corrected chi connectivity index (χ4v) is 3.28. The third-order valence-corrected chi connectivity index (χ3v) is 4.80. The van der Waals surface area contributed by atoms with Gasteiger partial charge in [0.2, 0.25) is 5.52 Å². The minimum absolute atomic E-state index is 0.321. The highest BCUT2D eigenvalue weighted by molar-refractivity contribution is 6.30. The Hall–Kier alpha value is -2.38. The van der Waals surface area contributed by atoms with E-state index >= 15 is 0 Å². The number of rotatable bonds is 4. The average Bonchev–Trinajstić information content (AvgIpc) is 3.08. The number of hydrogen-bond donors (Lipinski definition) is 4. The summed E-state index contributed by atoms with van der Waals surface area (Å²) in [6.07, 6.45) is 5.90. The molecule has 6 N–H and O–H groups in total. The molecule has 1 aliphatic rings. The van der Waals surface area contributed by atoms with Crippen molar-refractivity contribution in [3.63, 3.8) is 0 Å². The number of nitrogens with one attached hydrogen (secondary N) is 4. The number of aromatic nitrogens is 4. The SMILES string of the molecule is NC1CCC(Nc2nc(Nc3ccc(Cl)cc3)c3[nH]c[nH+]c3n2)CC1. The monoisotopic (exact) mass is 358 g/mol. The number of hydrogen-bond acceptors (Lipinski definition) is 5. The predicted octanol–water partition coefficient (Wildman–Crippen LogP) is 2.85. The lowest BCUT2D eigenvalue weighted by Crippen LogP contribution is -2.33. The quantitative estimate of drug-likeness (QED) is 0.574. The molecule has 0 radical (unpaired) electrons. The van der Waals surface area contributed by atoms with Crippen molar-refractivity contribution >= 4 is 40.2 Å². The van der Waals surface area contributed by atoms with Gasteiger partial charge in [0.25, 0.3) is 0 Å². The molecule has 1 fully saturated rings. The molecule has 0 atom stereocenters. The lowest BCUT2D eigenvalue weighted by Gasteiger charge is -2.26. The maximum atomic E-state index is 5.98. The molecular formula is C17H21ClN7+. The first kappa shape index (κ1) is 16.1. The van der Waals surface area contributed by atoms with Gasteiger partial charge < -0.3 is 16.4 Å². The first-order valence-electron chi connectivity index (χ1n) is 8.49. The second-order valence-corrected chi connectivity index (χ2v) is 6.88. The first-order valence-corrected chi connectivity index (χ1v) is 8.87. The van der Waals surface area contributed by atoms with E-state index in [1.54, 1.807) is 6.33 Å². The largest absolute Gasteiger partial charge is 0.337 e. The van der Waals surface area contributed by atoms with Gasteiger partial charge >= 0.3 is 11.6 Å². The minimum atomic E-state index is 0.321. The third kappa shape index (κ3) is 3.67. The van der Waals surface area contributed by atoms with E-state index in [1.807, 2.05) is 24.3 Å². The Morgan fingerprint density at radius 2 is 1.88 bits per heavy atom. The van der Waals surface area contributed by atoms with Crippen LogP contribution < -0.4 is 21.4 Å². The van der Waals surface area contributed by atoms with Gasteiger partial charge in [0, 0.05) is 22.8 Å². The van der Waals surface area contributed by atoms with Gasteiger partial charge in [-0.15, -0.1) is 0 Å². The number of benzene rings is 1. The molecular weight excluding hydrogens is 338 g/mol. The molecule has 1 aliphatic carbocycles. The van der Waals surface area contributed by atoms with Crippen molar-refractivity contribution in [3.05, 3.63) is 35.6 Å². The Balaban J connectivity index is 1.59. The van der Waals surface area contributed by atoms with Crippen molar-refractivity contribution in [1.29, 1.82) is 0 Å². The molecule has 130 valence electrons. The Labute approximate surface area is 150 Å². The summed E-state index contributed by atoms with van der Waals surface area (Å²) in [7, 11) is 0. The number of aromatic amines is 2. The number of halogens is 1. The first-order chi connectivity index (χ1) is 12.2. The molecule has 1 aromatic carbocycles. The van der Waals surface area contributed by atoms with E-state index in [0.717, 1.165) is 42.5 Å². The molecule has 4 rings (SSSR count). The van der Waals surface area contributed by atoms with Crippen LogP contribution in [0.15, 0.2) is 30.6 Å². The second kappa shape index (κ2) is 6.85. The van der Waals surface area contributed by atoms with E-state index in [9.17, 15) is 0 Å². The van der Waals surface area contributed by atoms with Crippen LogP contribution >= 0.6 is 11.6 Å². The number of fused-ring (bicyclic) bond motifs is 1. The topological polar surface area (TPSA) is 106 Å². The van der Waals surface area contributed by atoms with Gasteiger partial charge in [-0.05, 0) is 49.9 Å². The smallest absolute Gasteiger partial charge is 0.307 e. The Morgan fingerprint density at radius 1 is 1.12 bits per heavy atom. The van der Waals surface area contributed by atoms with Gasteiger partial charge in [-0.3, -0.25) is 4.98 Å². The zero-order valence-electron chi connectivity index (χ0n) is 13.7. The molecule has 0 unspecified atom stereocenters. The lowest BCUT2D eigenvalue weighted by molar-refractivity contribution is -0.347. The zero-order valence-corrected chi connectivity index (χ0v) is 14.5. The zero-order chi connectivity index (χ0) is 17.2. The molecule has 7 nitrogen and oxygen atoms in total. The number of nitrogens with zero attached hydrogens (tertiary/aromatic N) is 2. The van der Waals surface area contributed by atoms with Gasteiger partial charge in [-0.1, -0.05) is 16.6 Å². The lowest BCUT2D eigenvalue weighted by atomic mass is 9.92. The molecule has 0 amide bonds. The van der Waals surface area contributed by atoms with Crippen LogP contribution in [0.2, 0.25) is 5.02 Å². The van der Waals surface area contributed by atoms with E-state index in [4.69, 9.17) is 17.3 Å². The van der Waals surface area contributed by atoms with E-state index in [1.165, 1.54) is 0 Å². The molecule has 25 heavy (non-hydrogen) atoms.